The highest BCUT2D eigenvalue weighted by molar-refractivity contribution is 5.78. The van der Waals surface area contributed by atoms with Crippen LogP contribution in [-0.4, -0.2) is 50.4 Å². The van der Waals surface area contributed by atoms with E-state index in [2.05, 4.69) is 27.7 Å². The number of amides is 1. The Morgan fingerprint density at radius 3 is 1.82 bits per heavy atom. The lowest BCUT2D eigenvalue weighted by molar-refractivity contribution is -0.133. The summed E-state index contributed by atoms with van der Waals surface area (Å²) in [6.45, 7) is 14.5. The van der Waals surface area contributed by atoms with Crippen LogP contribution in [0.3, 0.4) is 0 Å². The van der Waals surface area contributed by atoms with Crippen LogP contribution in [0.2, 0.25) is 0 Å². The van der Waals surface area contributed by atoms with Crippen molar-refractivity contribution in [1.82, 2.24) is 4.90 Å². The van der Waals surface area contributed by atoms with Crippen LogP contribution in [0.1, 0.15) is 67.2 Å². The lowest BCUT2D eigenvalue weighted by Gasteiger charge is -2.33. The van der Waals surface area contributed by atoms with Gasteiger partial charge < -0.3 is 20.2 Å². The first-order valence-electron chi connectivity index (χ1n) is 8.31. The van der Waals surface area contributed by atoms with E-state index in [0.717, 1.165) is 19.3 Å². The second-order valence-electron chi connectivity index (χ2n) is 4.45. The average Bonchev–Trinajstić information content (AvgIpc) is 2.58. The summed E-state index contributed by atoms with van der Waals surface area (Å²) in [6.07, 6.45) is 4.25. The van der Waals surface area contributed by atoms with Crippen molar-refractivity contribution in [2.75, 3.05) is 20.7 Å². The molecule has 5 nitrogen and oxygen atoms in total. The van der Waals surface area contributed by atoms with Gasteiger partial charge in [0, 0.05) is 14.2 Å². The van der Waals surface area contributed by atoms with Crippen LogP contribution >= 0.6 is 0 Å². The van der Waals surface area contributed by atoms with Gasteiger partial charge in [-0.15, -0.1) is 0 Å². The molecule has 0 rings (SSSR count). The maximum Gasteiger partial charge on any atom is 0.236 e. The molecule has 2 unspecified atom stereocenters. The van der Waals surface area contributed by atoms with Gasteiger partial charge in [-0.25, -0.2) is 0 Å². The molecule has 2 N–H and O–H groups in total. The number of methoxy groups -OCH3 is 1. The van der Waals surface area contributed by atoms with Gasteiger partial charge in [-0.2, -0.15) is 0 Å². The minimum atomic E-state index is -0.0241. The number of carbonyl (C=O) groups is 2. The fraction of sp³-hybridized carbons (Fsp3) is 0.882. The van der Waals surface area contributed by atoms with E-state index in [1.165, 1.54) is 6.42 Å². The van der Waals surface area contributed by atoms with E-state index in [4.69, 9.17) is 15.3 Å². The third-order valence-electron chi connectivity index (χ3n) is 2.78. The number of hydrogen-bond donors (Lipinski definition) is 1. The molecule has 0 aromatic rings. The number of rotatable bonds is 7. The first-order chi connectivity index (χ1) is 10.5. The zero-order chi connectivity index (χ0) is 18.6. The summed E-state index contributed by atoms with van der Waals surface area (Å²) in [5.74, 6) is -0.0241. The van der Waals surface area contributed by atoms with Crippen molar-refractivity contribution in [2.45, 2.75) is 79.4 Å². The molecule has 0 fully saturated rings. The average molecular weight is 321 g/mol. The molecule has 0 radical (unpaired) electrons. The van der Waals surface area contributed by atoms with E-state index < -0.39 is 0 Å². The second-order valence-corrected chi connectivity index (χ2v) is 4.45. The minimum absolute atomic E-state index is 0.0241. The molecular weight excluding hydrogens is 280 g/mol. The summed E-state index contributed by atoms with van der Waals surface area (Å²) in [7, 11) is 3.49. The number of likely N-dealkylation sites (N-methyl/N-ethyl adjacent to an activating group) is 1. The maximum absolute atomic E-state index is 11.5. The van der Waals surface area contributed by atoms with E-state index in [1.807, 2.05) is 20.6 Å². The first-order valence-corrected chi connectivity index (χ1v) is 8.31. The highest BCUT2D eigenvalue weighted by Gasteiger charge is 2.25. The van der Waals surface area contributed by atoms with Crippen molar-refractivity contribution in [3.63, 3.8) is 0 Å². The highest BCUT2D eigenvalue weighted by Crippen LogP contribution is 2.15. The van der Waals surface area contributed by atoms with Gasteiger partial charge >= 0.3 is 0 Å². The Balaban J connectivity index is -0.000000198. The summed E-state index contributed by atoms with van der Waals surface area (Å²) in [5.41, 5.74) is 5.36. The largest absolute Gasteiger partial charge is 0.379 e. The molecule has 0 heterocycles. The molecule has 0 saturated heterocycles. The molecule has 22 heavy (non-hydrogen) atoms. The maximum atomic E-state index is 11.5. The van der Waals surface area contributed by atoms with Crippen molar-refractivity contribution < 1.29 is 14.3 Å². The van der Waals surface area contributed by atoms with Gasteiger partial charge in [0.2, 0.25) is 5.91 Å². The Morgan fingerprint density at radius 1 is 1.18 bits per heavy atom. The third kappa shape index (κ3) is 15.4. The summed E-state index contributed by atoms with van der Waals surface area (Å²) in [4.78, 5) is 21.2. The van der Waals surface area contributed by atoms with Gasteiger partial charge in [0.05, 0.1) is 18.7 Å². The van der Waals surface area contributed by atoms with E-state index in [9.17, 15) is 4.79 Å². The molecule has 0 spiro atoms. The van der Waals surface area contributed by atoms with Crippen molar-refractivity contribution in [3.8, 4) is 0 Å². The molecule has 136 valence electrons. The molecule has 0 aromatic heterocycles. The summed E-state index contributed by atoms with van der Waals surface area (Å²) < 4.78 is 5.40. The first kappa shape index (κ1) is 29.1. The zero-order valence-corrected chi connectivity index (χ0v) is 16.1. The lowest BCUT2D eigenvalue weighted by Crippen LogP contribution is -2.47. The molecule has 1 amide bonds. The van der Waals surface area contributed by atoms with Crippen molar-refractivity contribution >= 4 is 12.7 Å². The highest BCUT2D eigenvalue weighted by atomic mass is 16.5. The quantitative estimate of drug-likeness (QED) is 0.781. The van der Waals surface area contributed by atoms with E-state index in [-0.39, 0.29) is 24.6 Å². The van der Waals surface area contributed by atoms with Crippen molar-refractivity contribution in [3.05, 3.63) is 0 Å². The molecule has 0 saturated carbocycles. The number of nitrogens with zero attached hydrogens (tertiary/aromatic N) is 1. The van der Waals surface area contributed by atoms with Crippen LogP contribution < -0.4 is 5.73 Å². The second kappa shape index (κ2) is 25.0. The summed E-state index contributed by atoms with van der Waals surface area (Å²) in [6, 6.07) is 0.140. The van der Waals surface area contributed by atoms with Gasteiger partial charge in [-0.1, -0.05) is 54.4 Å². The van der Waals surface area contributed by atoms with E-state index >= 15 is 0 Å². The van der Waals surface area contributed by atoms with Crippen LogP contribution in [0.4, 0.5) is 0 Å². The van der Waals surface area contributed by atoms with Crippen LogP contribution in [0.15, 0.2) is 0 Å². The Kier molecular flexibility index (Phi) is 33.1. The smallest absolute Gasteiger partial charge is 0.236 e. The molecular formula is C17H40N2O3. The van der Waals surface area contributed by atoms with Gasteiger partial charge in [0.15, 0.2) is 0 Å². The minimum Gasteiger partial charge on any atom is -0.379 e. The molecule has 0 aliphatic heterocycles. The van der Waals surface area contributed by atoms with Crippen LogP contribution in [0.25, 0.3) is 0 Å². The Hall–Kier alpha value is -0.940. The van der Waals surface area contributed by atoms with Gasteiger partial charge in [0.25, 0.3) is 0 Å². The van der Waals surface area contributed by atoms with Gasteiger partial charge in [-0.05, 0) is 12.8 Å². The standard InChI is InChI=1S/C11H24N2O2.C3H8.C2H6.CH2O/c1-5-7-9(10(6-2)15-4)13(3)11(14)8-12;1-3-2;2*1-2/h9-10H,5-8,12H2,1-4H3;3H2,1-2H3;1-2H3;1H2. The van der Waals surface area contributed by atoms with Crippen molar-refractivity contribution in [1.29, 1.82) is 0 Å². The van der Waals surface area contributed by atoms with E-state index in [0.29, 0.717) is 0 Å². The number of hydrogen-bond acceptors (Lipinski definition) is 4. The predicted molar refractivity (Wildman–Crippen MR) is 96.0 cm³/mol. The zero-order valence-electron chi connectivity index (χ0n) is 16.1. The van der Waals surface area contributed by atoms with Crippen LogP contribution in [0, 0.1) is 0 Å². The molecule has 0 bridgehead atoms. The Labute approximate surface area is 138 Å². The SMILES string of the molecule is C=O.CC.CCC.CCCC(C(CC)OC)N(C)C(=O)CN. The molecule has 0 aliphatic rings. The lowest BCUT2D eigenvalue weighted by atomic mass is 10.0. The molecule has 0 aromatic carbocycles. The Morgan fingerprint density at radius 2 is 1.59 bits per heavy atom. The molecule has 5 heteroatoms. The summed E-state index contributed by atoms with van der Waals surface area (Å²) in [5, 5.41) is 0. The predicted octanol–water partition coefficient (Wildman–Crippen LogP) is 3.25. The number of ether oxygens (including phenoxy) is 1. The molecule has 0 aliphatic carbocycles. The monoisotopic (exact) mass is 320 g/mol. The molecule has 2 atom stereocenters. The number of carbonyl (C=O) groups excluding carboxylic acids is 2. The van der Waals surface area contributed by atoms with Crippen LogP contribution in [-0.2, 0) is 14.3 Å². The van der Waals surface area contributed by atoms with Crippen LogP contribution in [0.5, 0.6) is 0 Å². The van der Waals surface area contributed by atoms with Crippen molar-refractivity contribution in [2.24, 2.45) is 5.73 Å². The normalized spacial score (nSPS) is 11.3. The number of nitrogens with two attached hydrogens (primary N) is 1. The van der Waals surface area contributed by atoms with E-state index in [1.54, 1.807) is 19.1 Å². The van der Waals surface area contributed by atoms with Gasteiger partial charge in [0.1, 0.15) is 6.79 Å². The van der Waals surface area contributed by atoms with Gasteiger partial charge in [-0.3, -0.25) is 4.79 Å². The fourth-order valence-electron chi connectivity index (χ4n) is 1.85. The third-order valence-corrected chi connectivity index (χ3v) is 2.78. The topological polar surface area (TPSA) is 72.6 Å². The Bertz CT molecular complexity index is 210. The summed E-state index contributed by atoms with van der Waals surface area (Å²) >= 11 is 0. The fourth-order valence-corrected chi connectivity index (χ4v) is 1.85.